The molecule has 1 aliphatic carbocycles. The number of rotatable bonds is 6. The third-order valence-corrected chi connectivity index (χ3v) is 5.02. The molecule has 1 saturated heterocycles. The van der Waals surface area contributed by atoms with E-state index in [2.05, 4.69) is 22.8 Å². The Labute approximate surface area is 149 Å². The van der Waals surface area contributed by atoms with E-state index in [9.17, 15) is 0 Å². The molecule has 0 unspecified atom stereocenters. The molecule has 4 rings (SSSR count). The third-order valence-electron chi connectivity index (χ3n) is 5.02. The van der Waals surface area contributed by atoms with Gasteiger partial charge in [-0.1, -0.05) is 43.2 Å². The van der Waals surface area contributed by atoms with E-state index in [-0.39, 0.29) is 0 Å². The molecule has 1 atom stereocenters. The van der Waals surface area contributed by atoms with Crippen molar-refractivity contribution in [3.05, 3.63) is 36.4 Å². The predicted molar refractivity (Wildman–Crippen MR) is 101 cm³/mol. The fourth-order valence-electron chi connectivity index (χ4n) is 3.64. The molecule has 0 bridgehead atoms. The highest BCUT2D eigenvalue weighted by Crippen LogP contribution is 2.25. The van der Waals surface area contributed by atoms with Crippen LogP contribution >= 0.6 is 0 Å². The molecule has 1 aliphatic heterocycles. The van der Waals surface area contributed by atoms with Gasteiger partial charge in [-0.25, -0.2) is 4.98 Å². The molecule has 2 aromatic rings. The molecule has 2 N–H and O–H groups in total. The number of nitrogens with zero attached hydrogens (tertiary/aromatic N) is 2. The second-order valence-electron chi connectivity index (χ2n) is 6.97. The number of anilines is 2. The summed E-state index contributed by atoms with van der Waals surface area (Å²) in [6.45, 7) is 1.67. The van der Waals surface area contributed by atoms with Crippen LogP contribution in [0.1, 0.15) is 38.5 Å². The highest BCUT2D eigenvalue weighted by molar-refractivity contribution is 5.64. The maximum Gasteiger partial charge on any atom is 0.225 e. The average Bonchev–Trinajstić information content (AvgIpc) is 3.34. The van der Waals surface area contributed by atoms with Gasteiger partial charge >= 0.3 is 0 Å². The highest BCUT2D eigenvalue weighted by Gasteiger charge is 2.18. The monoisotopic (exact) mass is 338 g/mol. The van der Waals surface area contributed by atoms with Crippen LogP contribution in [0.15, 0.2) is 36.4 Å². The van der Waals surface area contributed by atoms with Crippen molar-refractivity contribution >= 4 is 11.8 Å². The maximum atomic E-state index is 5.71. The maximum absolute atomic E-state index is 5.71. The first-order valence-corrected chi connectivity index (χ1v) is 9.43. The van der Waals surface area contributed by atoms with Gasteiger partial charge in [0, 0.05) is 30.8 Å². The Kier molecular flexibility index (Phi) is 5.11. The number of hydrogen-bond acceptors (Lipinski definition) is 5. The first kappa shape index (κ1) is 16.3. The van der Waals surface area contributed by atoms with Crippen molar-refractivity contribution in [2.75, 3.05) is 23.8 Å². The summed E-state index contributed by atoms with van der Waals surface area (Å²) in [5.74, 6) is 1.59. The molecule has 0 spiro atoms. The fourth-order valence-corrected chi connectivity index (χ4v) is 3.64. The average molecular weight is 338 g/mol. The molecule has 0 amide bonds. The third kappa shape index (κ3) is 4.28. The van der Waals surface area contributed by atoms with Crippen LogP contribution in [-0.4, -0.2) is 35.3 Å². The van der Waals surface area contributed by atoms with Crippen molar-refractivity contribution in [2.24, 2.45) is 0 Å². The normalized spacial score (nSPS) is 20.7. The number of ether oxygens (including phenoxy) is 1. The second kappa shape index (κ2) is 7.83. The quantitative estimate of drug-likeness (QED) is 0.831. The largest absolute Gasteiger partial charge is 0.376 e. The lowest BCUT2D eigenvalue weighted by Crippen LogP contribution is -2.20. The minimum atomic E-state index is 0.293. The Hall–Kier alpha value is -2.14. The van der Waals surface area contributed by atoms with E-state index in [0.29, 0.717) is 12.1 Å². The Morgan fingerprint density at radius 3 is 2.60 bits per heavy atom. The fraction of sp³-hybridized carbons (Fsp3) is 0.500. The Bertz CT molecular complexity index is 679. The Morgan fingerprint density at radius 2 is 1.84 bits per heavy atom. The van der Waals surface area contributed by atoms with Crippen molar-refractivity contribution in [3.8, 4) is 11.3 Å². The van der Waals surface area contributed by atoms with Gasteiger partial charge in [0.05, 0.1) is 11.8 Å². The molecule has 5 nitrogen and oxygen atoms in total. The molecule has 0 radical (unpaired) electrons. The zero-order valence-corrected chi connectivity index (χ0v) is 14.6. The van der Waals surface area contributed by atoms with Crippen molar-refractivity contribution < 1.29 is 4.74 Å². The van der Waals surface area contributed by atoms with E-state index in [4.69, 9.17) is 14.7 Å². The van der Waals surface area contributed by atoms with Gasteiger partial charge in [-0.05, 0) is 25.7 Å². The van der Waals surface area contributed by atoms with Gasteiger partial charge in [0.1, 0.15) is 5.82 Å². The number of aromatic nitrogens is 2. The van der Waals surface area contributed by atoms with Gasteiger partial charge in [-0.3, -0.25) is 0 Å². The molecule has 1 saturated carbocycles. The molecule has 25 heavy (non-hydrogen) atoms. The minimum absolute atomic E-state index is 0.293. The van der Waals surface area contributed by atoms with Crippen LogP contribution in [0.4, 0.5) is 11.8 Å². The lowest BCUT2D eigenvalue weighted by atomic mass is 10.1. The lowest BCUT2D eigenvalue weighted by Gasteiger charge is -2.16. The second-order valence-corrected chi connectivity index (χ2v) is 6.97. The first-order chi connectivity index (χ1) is 12.4. The molecule has 1 aromatic carbocycles. The predicted octanol–water partition coefficient (Wildman–Crippen LogP) is 4.09. The summed E-state index contributed by atoms with van der Waals surface area (Å²) >= 11 is 0. The summed E-state index contributed by atoms with van der Waals surface area (Å²) in [5.41, 5.74) is 2.06. The van der Waals surface area contributed by atoms with Gasteiger partial charge in [-0.2, -0.15) is 4.98 Å². The van der Waals surface area contributed by atoms with Crippen LogP contribution in [-0.2, 0) is 4.74 Å². The van der Waals surface area contributed by atoms with E-state index < -0.39 is 0 Å². The molecular formula is C20H26N4O. The summed E-state index contributed by atoms with van der Waals surface area (Å²) < 4.78 is 5.71. The van der Waals surface area contributed by atoms with E-state index in [0.717, 1.165) is 49.0 Å². The Morgan fingerprint density at radius 1 is 1.00 bits per heavy atom. The van der Waals surface area contributed by atoms with Gasteiger partial charge < -0.3 is 15.4 Å². The van der Waals surface area contributed by atoms with Crippen LogP contribution in [0, 0.1) is 0 Å². The van der Waals surface area contributed by atoms with Crippen LogP contribution < -0.4 is 10.6 Å². The van der Waals surface area contributed by atoms with Gasteiger partial charge in [0.15, 0.2) is 0 Å². The standard InChI is InChI=1S/C20H26N4O/c1-2-7-15(8-3-1)18-13-19(21-14-17-11-6-12-25-17)24-20(23-18)22-16-9-4-5-10-16/h1-3,7-8,13,16-17H,4-6,9-12,14H2,(H2,21,22,23,24)/t17-/m1/s1. The molecule has 2 fully saturated rings. The SMILES string of the molecule is c1ccc(-c2cc(NC[C@H]3CCCO3)nc(NC3CCCC3)n2)cc1. The zero-order valence-electron chi connectivity index (χ0n) is 14.6. The summed E-state index contributed by atoms with van der Waals surface area (Å²) in [6.07, 6.45) is 7.56. The smallest absolute Gasteiger partial charge is 0.225 e. The number of benzene rings is 1. The summed E-state index contributed by atoms with van der Waals surface area (Å²) in [7, 11) is 0. The van der Waals surface area contributed by atoms with Gasteiger partial charge in [0.25, 0.3) is 0 Å². The van der Waals surface area contributed by atoms with Crippen LogP contribution in [0.25, 0.3) is 11.3 Å². The molecule has 132 valence electrons. The molecule has 5 heteroatoms. The van der Waals surface area contributed by atoms with Gasteiger partial charge in [-0.15, -0.1) is 0 Å². The number of nitrogens with one attached hydrogen (secondary N) is 2. The van der Waals surface area contributed by atoms with Crippen molar-refractivity contribution in [1.82, 2.24) is 9.97 Å². The molecule has 2 aliphatic rings. The van der Waals surface area contributed by atoms with E-state index >= 15 is 0 Å². The minimum Gasteiger partial charge on any atom is -0.376 e. The Balaban J connectivity index is 1.55. The van der Waals surface area contributed by atoms with E-state index in [1.807, 2.05) is 24.3 Å². The number of hydrogen-bond donors (Lipinski definition) is 2. The van der Waals surface area contributed by atoms with E-state index in [1.165, 1.54) is 25.7 Å². The van der Waals surface area contributed by atoms with Crippen LogP contribution in [0.2, 0.25) is 0 Å². The van der Waals surface area contributed by atoms with Crippen molar-refractivity contribution in [1.29, 1.82) is 0 Å². The van der Waals surface area contributed by atoms with E-state index in [1.54, 1.807) is 0 Å². The van der Waals surface area contributed by atoms with Gasteiger partial charge in [0.2, 0.25) is 5.95 Å². The van der Waals surface area contributed by atoms with Crippen LogP contribution in [0.5, 0.6) is 0 Å². The van der Waals surface area contributed by atoms with Crippen molar-refractivity contribution in [3.63, 3.8) is 0 Å². The summed E-state index contributed by atoms with van der Waals surface area (Å²) in [4.78, 5) is 9.45. The van der Waals surface area contributed by atoms with Crippen molar-refractivity contribution in [2.45, 2.75) is 50.7 Å². The lowest BCUT2D eigenvalue weighted by molar-refractivity contribution is 0.120. The highest BCUT2D eigenvalue weighted by atomic mass is 16.5. The first-order valence-electron chi connectivity index (χ1n) is 9.43. The van der Waals surface area contributed by atoms with Crippen LogP contribution in [0.3, 0.4) is 0 Å². The summed E-state index contributed by atoms with van der Waals surface area (Å²) in [5, 5.41) is 6.97. The molecule has 1 aromatic heterocycles. The summed E-state index contributed by atoms with van der Waals surface area (Å²) in [6, 6.07) is 12.8. The molecule has 2 heterocycles. The zero-order chi connectivity index (χ0) is 16.9. The molecular weight excluding hydrogens is 312 g/mol. The topological polar surface area (TPSA) is 59.1 Å².